The van der Waals surface area contributed by atoms with Gasteiger partial charge < -0.3 is 4.74 Å². The highest BCUT2D eigenvalue weighted by Gasteiger charge is 2.38. The van der Waals surface area contributed by atoms with E-state index in [9.17, 15) is 13.6 Å². The molecule has 2 atom stereocenters. The van der Waals surface area contributed by atoms with Crippen LogP contribution in [-0.4, -0.2) is 54.1 Å². The molecule has 0 spiro atoms. The summed E-state index contributed by atoms with van der Waals surface area (Å²) in [7, 11) is 0. The maximum Gasteiger partial charge on any atom is 0.323 e. The minimum Gasteiger partial charge on any atom is -0.461 e. The van der Waals surface area contributed by atoms with Crippen molar-refractivity contribution in [2.24, 2.45) is 0 Å². The van der Waals surface area contributed by atoms with Gasteiger partial charge >= 0.3 is 5.97 Å². The van der Waals surface area contributed by atoms with Crippen molar-refractivity contribution in [3.8, 4) is 0 Å². The molecule has 28 heavy (non-hydrogen) atoms. The molecule has 0 saturated carbocycles. The smallest absolute Gasteiger partial charge is 0.323 e. The molecule has 2 fully saturated rings. The van der Waals surface area contributed by atoms with Gasteiger partial charge in [-0.25, -0.2) is 8.78 Å². The van der Waals surface area contributed by atoms with Crippen LogP contribution in [0.5, 0.6) is 0 Å². The molecule has 0 aliphatic carbocycles. The fourth-order valence-electron chi connectivity index (χ4n) is 4.25. The first-order valence-corrected chi connectivity index (χ1v) is 9.71. The zero-order valence-electron chi connectivity index (χ0n) is 15.9. The van der Waals surface area contributed by atoms with Crippen molar-refractivity contribution >= 4 is 5.97 Å². The number of esters is 1. The molecule has 0 amide bonds. The summed E-state index contributed by atoms with van der Waals surface area (Å²) >= 11 is 0. The number of hydrogen-bond donors (Lipinski definition) is 0. The number of halogens is 2. The molecule has 6 heteroatoms. The minimum absolute atomic E-state index is 0.0262. The van der Waals surface area contributed by atoms with Gasteiger partial charge in [0.15, 0.2) is 0 Å². The third kappa shape index (κ3) is 3.93. The van der Waals surface area contributed by atoms with Gasteiger partial charge in [-0.05, 0) is 42.3 Å². The quantitative estimate of drug-likeness (QED) is 0.755. The molecule has 2 heterocycles. The lowest BCUT2D eigenvalue weighted by Crippen LogP contribution is -2.52. The van der Waals surface area contributed by atoms with Crippen LogP contribution in [0.3, 0.4) is 0 Å². The number of hydrogen-bond acceptors (Lipinski definition) is 4. The largest absolute Gasteiger partial charge is 0.461 e. The lowest BCUT2D eigenvalue weighted by Gasteiger charge is -2.41. The zero-order valence-corrected chi connectivity index (χ0v) is 15.9. The van der Waals surface area contributed by atoms with Crippen molar-refractivity contribution in [1.82, 2.24) is 9.80 Å². The van der Waals surface area contributed by atoms with Gasteiger partial charge in [-0.1, -0.05) is 24.3 Å². The second kappa shape index (κ2) is 7.97. The lowest BCUT2D eigenvalue weighted by atomic mass is 9.96. The monoisotopic (exact) mass is 386 g/mol. The van der Waals surface area contributed by atoms with Crippen molar-refractivity contribution in [2.45, 2.75) is 31.5 Å². The summed E-state index contributed by atoms with van der Waals surface area (Å²) in [4.78, 5) is 16.6. The van der Waals surface area contributed by atoms with Crippen LogP contribution in [0, 0.1) is 11.6 Å². The molecule has 2 saturated heterocycles. The summed E-state index contributed by atoms with van der Waals surface area (Å²) in [5, 5.41) is 0. The second-order valence-corrected chi connectivity index (χ2v) is 7.58. The van der Waals surface area contributed by atoms with E-state index in [1.165, 1.54) is 24.3 Å². The highest BCUT2D eigenvalue weighted by atomic mass is 19.1. The van der Waals surface area contributed by atoms with Gasteiger partial charge in [-0.15, -0.1) is 0 Å². The van der Waals surface area contributed by atoms with Gasteiger partial charge in [0.2, 0.25) is 0 Å². The van der Waals surface area contributed by atoms with Gasteiger partial charge in [-0.3, -0.25) is 14.6 Å². The Labute approximate surface area is 163 Å². The van der Waals surface area contributed by atoms with Gasteiger partial charge in [-0.2, -0.15) is 0 Å². The van der Waals surface area contributed by atoms with E-state index >= 15 is 0 Å². The van der Waals surface area contributed by atoms with E-state index in [4.69, 9.17) is 4.74 Å². The predicted molar refractivity (Wildman–Crippen MR) is 102 cm³/mol. The van der Waals surface area contributed by atoms with Gasteiger partial charge in [0.1, 0.15) is 23.8 Å². The Bertz CT molecular complexity index is 772. The second-order valence-electron chi connectivity index (χ2n) is 7.58. The van der Waals surface area contributed by atoms with Gasteiger partial charge in [0.25, 0.3) is 0 Å². The number of ether oxygens (including phenoxy) is 1. The van der Waals surface area contributed by atoms with Crippen molar-refractivity contribution in [3.05, 3.63) is 71.3 Å². The molecule has 0 N–H and O–H groups in total. The first kappa shape index (κ1) is 19.0. The van der Waals surface area contributed by atoms with Crippen molar-refractivity contribution < 1.29 is 18.3 Å². The molecular weight excluding hydrogens is 362 g/mol. The molecule has 2 aromatic rings. The molecule has 4 nitrogen and oxygen atoms in total. The van der Waals surface area contributed by atoms with Crippen molar-refractivity contribution in [2.75, 3.05) is 26.2 Å². The number of carbonyl (C=O) groups excluding carboxylic acids is 1. The van der Waals surface area contributed by atoms with Crippen LogP contribution >= 0.6 is 0 Å². The number of benzene rings is 2. The topological polar surface area (TPSA) is 32.8 Å². The Kier molecular flexibility index (Phi) is 5.42. The van der Waals surface area contributed by atoms with Crippen molar-refractivity contribution in [3.63, 3.8) is 0 Å². The molecule has 4 rings (SSSR count). The molecule has 148 valence electrons. The summed E-state index contributed by atoms with van der Waals surface area (Å²) in [6, 6.07) is 12.7. The lowest BCUT2D eigenvalue weighted by molar-refractivity contribution is -0.145. The summed E-state index contributed by atoms with van der Waals surface area (Å²) in [6.07, 6.45) is 0.708. The van der Waals surface area contributed by atoms with E-state index in [2.05, 4.69) is 9.80 Å². The van der Waals surface area contributed by atoms with Crippen LogP contribution in [0.1, 0.15) is 30.5 Å². The Hall–Kier alpha value is -2.31. The van der Waals surface area contributed by atoms with Gasteiger partial charge in [0.05, 0.1) is 6.04 Å². The Morgan fingerprint density at radius 1 is 0.893 bits per heavy atom. The molecule has 0 aromatic heterocycles. The number of rotatable bonds is 4. The first-order chi connectivity index (χ1) is 13.5. The summed E-state index contributed by atoms with van der Waals surface area (Å²) in [6.45, 7) is 4.96. The molecular formula is C22H24F2N2O2. The number of piperazine rings is 1. The van der Waals surface area contributed by atoms with Crippen LogP contribution in [0.15, 0.2) is 48.5 Å². The third-order valence-electron chi connectivity index (χ3n) is 5.67. The van der Waals surface area contributed by atoms with E-state index in [1.54, 1.807) is 24.3 Å². The molecule has 0 radical (unpaired) electrons. The van der Waals surface area contributed by atoms with Crippen LogP contribution in [0.2, 0.25) is 0 Å². The van der Waals surface area contributed by atoms with Crippen LogP contribution in [-0.2, 0) is 9.53 Å². The van der Waals surface area contributed by atoms with Gasteiger partial charge in [0, 0.05) is 32.6 Å². The van der Waals surface area contributed by atoms with E-state index in [0.717, 1.165) is 43.7 Å². The maximum absolute atomic E-state index is 13.4. The highest BCUT2D eigenvalue weighted by Crippen LogP contribution is 2.31. The molecule has 0 bridgehead atoms. The summed E-state index contributed by atoms with van der Waals surface area (Å²) in [5.74, 6) is -0.685. The Morgan fingerprint density at radius 2 is 1.39 bits per heavy atom. The summed E-state index contributed by atoms with van der Waals surface area (Å²) < 4.78 is 32.1. The molecule has 2 aromatic carbocycles. The summed E-state index contributed by atoms with van der Waals surface area (Å²) in [5.41, 5.74) is 1.94. The minimum atomic E-state index is -0.278. The van der Waals surface area contributed by atoms with E-state index in [1.807, 2.05) is 6.92 Å². The van der Waals surface area contributed by atoms with E-state index in [-0.39, 0.29) is 35.8 Å². The number of carbonyl (C=O) groups is 1. The van der Waals surface area contributed by atoms with Crippen LogP contribution < -0.4 is 0 Å². The fraction of sp³-hybridized carbons (Fsp3) is 0.409. The molecule has 2 aliphatic heterocycles. The predicted octanol–water partition coefficient (Wildman–Crippen LogP) is 3.38. The van der Waals surface area contributed by atoms with E-state index in [0.29, 0.717) is 0 Å². The Morgan fingerprint density at radius 3 is 1.82 bits per heavy atom. The maximum atomic E-state index is 13.4. The van der Waals surface area contributed by atoms with Crippen LogP contribution in [0.4, 0.5) is 8.78 Å². The molecule has 2 aliphatic rings. The normalized spacial score (nSPS) is 23.9. The average molecular weight is 386 g/mol. The Balaban J connectivity index is 1.53. The zero-order chi connectivity index (χ0) is 19.7. The number of cyclic esters (lactones) is 1. The third-order valence-corrected chi connectivity index (χ3v) is 5.67. The first-order valence-electron chi connectivity index (χ1n) is 9.71. The van der Waals surface area contributed by atoms with Crippen molar-refractivity contribution in [1.29, 1.82) is 0 Å². The number of nitrogens with zero attached hydrogens (tertiary/aromatic N) is 2. The fourth-order valence-corrected chi connectivity index (χ4v) is 4.25. The standard InChI is InChI=1S/C22H24F2N2O2/c1-15-14-20(22(27)28-15)25-10-12-26(13-11-25)21(16-2-6-18(23)7-3-16)17-4-8-19(24)9-5-17/h2-9,15,20-21H,10-14H2,1H3. The SMILES string of the molecule is CC1CC(N2CCN(C(c3ccc(F)cc3)c3ccc(F)cc3)CC2)C(=O)O1. The van der Waals surface area contributed by atoms with Crippen LogP contribution in [0.25, 0.3) is 0 Å². The van der Waals surface area contributed by atoms with E-state index < -0.39 is 0 Å². The average Bonchev–Trinajstić information content (AvgIpc) is 3.04. The highest BCUT2D eigenvalue weighted by molar-refractivity contribution is 5.78. The molecule has 2 unspecified atom stereocenters.